The van der Waals surface area contributed by atoms with Gasteiger partial charge in [0.25, 0.3) is 5.91 Å². The Bertz CT molecular complexity index is 1160. The first-order valence-electron chi connectivity index (χ1n) is 10.8. The van der Waals surface area contributed by atoms with Gasteiger partial charge in [0.15, 0.2) is 6.10 Å². The molecule has 3 aliphatic rings. The van der Waals surface area contributed by atoms with E-state index in [-0.39, 0.29) is 22.7 Å². The molecule has 3 fully saturated rings. The van der Waals surface area contributed by atoms with Gasteiger partial charge in [-0.15, -0.1) is 0 Å². The molecule has 2 aromatic rings. The summed E-state index contributed by atoms with van der Waals surface area (Å²) in [6.07, 6.45) is -0.925. The summed E-state index contributed by atoms with van der Waals surface area (Å²) in [5, 5.41) is 2.18. The lowest BCUT2D eigenvalue weighted by Crippen LogP contribution is -2.51. The van der Waals surface area contributed by atoms with Crippen LogP contribution in [0.1, 0.15) is 25.5 Å². The third kappa shape index (κ3) is 3.53. The Labute approximate surface area is 212 Å². The molecule has 0 unspecified atom stereocenters. The van der Waals surface area contributed by atoms with E-state index in [1.807, 2.05) is 24.1 Å². The summed E-state index contributed by atoms with van der Waals surface area (Å²) in [6.45, 7) is 4.15. The van der Waals surface area contributed by atoms with E-state index in [4.69, 9.17) is 33.4 Å². The number of methoxy groups -OCH3 is 1. The smallest absolute Gasteiger partial charge is 0.265 e. The number of halogens is 1. The van der Waals surface area contributed by atoms with E-state index < -0.39 is 18.1 Å². The predicted molar refractivity (Wildman–Crippen MR) is 136 cm³/mol. The molecule has 3 aliphatic heterocycles. The molecule has 4 atom stereocenters. The van der Waals surface area contributed by atoms with E-state index >= 15 is 0 Å². The molecular weight excluding hydrogens is 494 g/mol. The van der Waals surface area contributed by atoms with Crippen LogP contribution in [-0.2, 0) is 14.4 Å². The number of imide groups is 1. The maximum absolute atomic E-state index is 13.8. The topological polar surface area (TPSA) is 62.3 Å². The number of likely N-dealkylation sites (N-methyl/N-ethyl adjacent to an activating group) is 1. The van der Waals surface area contributed by atoms with Crippen molar-refractivity contribution in [2.24, 2.45) is 5.92 Å². The highest BCUT2D eigenvalue weighted by Gasteiger charge is 2.63. The lowest BCUT2D eigenvalue weighted by atomic mass is 9.90. The van der Waals surface area contributed by atoms with Gasteiger partial charge in [-0.1, -0.05) is 47.7 Å². The van der Waals surface area contributed by atoms with Crippen molar-refractivity contribution in [2.45, 2.75) is 36.9 Å². The van der Waals surface area contributed by atoms with E-state index in [1.54, 1.807) is 48.6 Å². The van der Waals surface area contributed by atoms with Gasteiger partial charge in [-0.3, -0.25) is 14.4 Å². The number of hydrogen-bond donors (Lipinski definition) is 0. The highest BCUT2D eigenvalue weighted by atomic mass is 35.5. The number of carbonyl (C=O) groups is 2. The molecule has 0 radical (unpaired) electrons. The highest BCUT2D eigenvalue weighted by molar-refractivity contribution is 8.23. The van der Waals surface area contributed by atoms with E-state index in [0.717, 1.165) is 9.88 Å². The Morgan fingerprint density at radius 3 is 2.26 bits per heavy atom. The number of anilines is 1. The first-order valence-corrected chi connectivity index (χ1v) is 12.5. The Kier molecular flexibility index (Phi) is 5.89. The van der Waals surface area contributed by atoms with Crippen molar-refractivity contribution < 1.29 is 19.2 Å². The molecule has 2 amide bonds. The summed E-state index contributed by atoms with van der Waals surface area (Å²) in [6, 6.07) is 13.7. The van der Waals surface area contributed by atoms with Crippen molar-refractivity contribution in [2.75, 3.05) is 19.1 Å². The molecule has 0 saturated carbocycles. The third-order valence-corrected chi connectivity index (χ3v) is 9.17. The Morgan fingerprint density at radius 1 is 1.06 bits per heavy atom. The molecule has 0 spiro atoms. The molecule has 10 heteroatoms. The van der Waals surface area contributed by atoms with Crippen LogP contribution >= 0.6 is 35.6 Å². The second-order valence-electron chi connectivity index (χ2n) is 9.07. The zero-order chi connectivity index (χ0) is 24.4. The molecule has 0 bridgehead atoms. The maximum atomic E-state index is 13.8. The van der Waals surface area contributed by atoms with Gasteiger partial charge >= 0.3 is 0 Å². The van der Waals surface area contributed by atoms with Crippen molar-refractivity contribution in [3.8, 4) is 5.75 Å². The number of hydroxylamine groups is 2. The van der Waals surface area contributed by atoms with Gasteiger partial charge in [0.2, 0.25) is 5.91 Å². The van der Waals surface area contributed by atoms with Crippen LogP contribution in [0.4, 0.5) is 5.69 Å². The van der Waals surface area contributed by atoms with Crippen molar-refractivity contribution in [1.29, 1.82) is 0 Å². The lowest BCUT2D eigenvalue weighted by Gasteiger charge is -2.39. The van der Waals surface area contributed by atoms with Crippen molar-refractivity contribution >= 4 is 57.4 Å². The molecule has 34 heavy (non-hydrogen) atoms. The predicted octanol–water partition coefficient (Wildman–Crippen LogP) is 4.26. The SMILES string of the molecule is COc1ccc(N2C(=O)[C@@H]3[C@@H](ON([C@@H]4SC(=S)N(C)C4(C)C)[C@H]3c3ccc(Cl)cc3)C2=O)cc1. The number of fused-ring (bicyclic) bond motifs is 1. The second-order valence-corrected chi connectivity index (χ2v) is 11.2. The zero-order valence-electron chi connectivity index (χ0n) is 19.1. The van der Waals surface area contributed by atoms with Crippen LogP contribution in [0.5, 0.6) is 5.75 Å². The van der Waals surface area contributed by atoms with Gasteiger partial charge in [-0.2, -0.15) is 5.06 Å². The third-order valence-electron chi connectivity index (χ3n) is 6.87. The highest BCUT2D eigenvalue weighted by Crippen LogP contribution is 2.52. The summed E-state index contributed by atoms with van der Waals surface area (Å²) in [5.74, 6) is -0.727. The van der Waals surface area contributed by atoms with E-state index in [9.17, 15) is 9.59 Å². The number of nitrogens with zero attached hydrogens (tertiary/aromatic N) is 3. The monoisotopic (exact) mass is 517 g/mol. The average Bonchev–Trinajstić information content (AvgIpc) is 3.39. The fourth-order valence-electron chi connectivity index (χ4n) is 4.72. The number of carbonyl (C=O) groups excluding carboxylic acids is 2. The van der Waals surface area contributed by atoms with Gasteiger partial charge in [0, 0.05) is 12.1 Å². The van der Waals surface area contributed by atoms with Gasteiger partial charge in [0.1, 0.15) is 15.4 Å². The molecule has 5 rings (SSSR count). The minimum absolute atomic E-state index is 0.216. The van der Waals surface area contributed by atoms with E-state index in [2.05, 4.69) is 13.8 Å². The first kappa shape index (κ1) is 23.6. The Morgan fingerprint density at radius 2 is 1.71 bits per heavy atom. The number of thiocarbonyl (C=S) groups is 1. The minimum Gasteiger partial charge on any atom is -0.497 e. The molecule has 3 heterocycles. The van der Waals surface area contributed by atoms with Gasteiger partial charge in [0.05, 0.1) is 30.3 Å². The van der Waals surface area contributed by atoms with Crippen molar-refractivity contribution in [3.05, 3.63) is 59.1 Å². The van der Waals surface area contributed by atoms with Crippen LogP contribution in [0.15, 0.2) is 48.5 Å². The molecular formula is C24H24ClN3O4S2. The molecule has 0 aliphatic carbocycles. The number of amides is 2. The summed E-state index contributed by atoms with van der Waals surface area (Å²) in [4.78, 5) is 36.8. The first-order chi connectivity index (χ1) is 16.1. The number of rotatable bonds is 4. The number of ether oxygens (including phenoxy) is 1. The minimum atomic E-state index is -0.925. The van der Waals surface area contributed by atoms with E-state index in [1.165, 1.54) is 16.7 Å². The molecule has 0 N–H and O–H groups in total. The van der Waals surface area contributed by atoms with Crippen LogP contribution in [0.3, 0.4) is 0 Å². The zero-order valence-corrected chi connectivity index (χ0v) is 21.5. The standard InChI is InChI=1S/C24H24ClN3O4S2/c1-24(2)22(34-23(33)26(24)3)28-18(13-5-7-14(25)8-6-13)17-19(32-28)21(30)27(20(17)29)15-9-11-16(31-4)12-10-15/h5-12,17-19,22H,1-4H3/t17-,18-,19+,22+/m0/s1. The summed E-state index contributed by atoms with van der Waals surface area (Å²) < 4.78 is 5.94. The van der Waals surface area contributed by atoms with Crippen LogP contribution in [-0.4, -0.2) is 57.3 Å². The van der Waals surface area contributed by atoms with E-state index in [0.29, 0.717) is 16.5 Å². The largest absolute Gasteiger partial charge is 0.497 e. The summed E-state index contributed by atoms with van der Waals surface area (Å²) >= 11 is 13.2. The van der Waals surface area contributed by atoms with Gasteiger partial charge in [-0.25, -0.2) is 4.90 Å². The number of hydrogen-bond acceptors (Lipinski definition) is 7. The molecule has 0 aromatic heterocycles. The molecule has 178 valence electrons. The van der Waals surface area contributed by atoms with Gasteiger partial charge in [-0.05, 0) is 55.8 Å². The van der Waals surface area contributed by atoms with Crippen molar-refractivity contribution in [1.82, 2.24) is 9.96 Å². The maximum Gasteiger partial charge on any atom is 0.265 e. The van der Waals surface area contributed by atoms with Crippen molar-refractivity contribution in [3.63, 3.8) is 0 Å². The van der Waals surface area contributed by atoms with Crippen LogP contribution in [0, 0.1) is 5.92 Å². The Balaban J connectivity index is 1.55. The molecule has 3 saturated heterocycles. The molecule has 7 nitrogen and oxygen atoms in total. The van der Waals surface area contributed by atoms with Crippen LogP contribution in [0.2, 0.25) is 5.02 Å². The summed E-state index contributed by atoms with van der Waals surface area (Å²) in [7, 11) is 3.52. The fourth-order valence-corrected chi connectivity index (χ4v) is 6.67. The average molecular weight is 518 g/mol. The van der Waals surface area contributed by atoms with Crippen LogP contribution in [0.25, 0.3) is 0 Å². The quantitative estimate of drug-likeness (QED) is 0.440. The number of benzene rings is 2. The summed E-state index contributed by atoms with van der Waals surface area (Å²) in [5.41, 5.74) is 0.963. The van der Waals surface area contributed by atoms with Gasteiger partial charge < -0.3 is 9.64 Å². The fraction of sp³-hybridized carbons (Fsp3) is 0.375. The number of thioether (sulfide) groups is 1. The molecule has 2 aromatic carbocycles. The second kappa shape index (κ2) is 8.49. The Hall–Kier alpha value is -2.17. The normalized spacial score (nSPS) is 28.7. The lowest BCUT2D eigenvalue weighted by molar-refractivity contribution is -0.188. The van der Waals surface area contributed by atoms with Crippen LogP contribution < -0.4 is 9.64 Å².